The molecular weight excluding hydrogens is 440 g/mol. The molecule has 1 aliphatic rings. The van der Waals surface area contributed by atoms with Crippen LogP contribution in [-0.2, 0) is 22.6 Å². The third-order valence-electron chi connectivity index (χ3n) is 6.89. The number of carbonyl (C=O) groups is 2. The quantitative estimate of drug-likeness (QED) is 0.480. The zero-order valence-corrected chi connectivity index (χ0v) is 21.6. The minimum Gasteiger partial charge on any atom is -0.493 e. The number of ether oxygens (including phenoxy) is 2. The first-order valence-electron chi connectivity index (χ1n) is 12.8. The van der Waals surface area contributed by atoms with Gasteiger partial charge in [0.2, 0.25) is 11.8 Å². The van der Waals surface area contributed by atoms with Crippen LogP contribution in [-0.4, -0.2) is 43.0 Å². The second-order valence-corrected chi connectivity index (χ2v) is 9.46. The largest absolute Gasteiger partial charge is 0.493 e. The van der Waals surface area contributed by atoms with Gasteiger partial charge in [-0.1, -0.05) is 62.1 Å². The van der Waals surface area contributed by atoms with Gasteiger partial charge in [0.25, 0.3) is 0 Å². The lowest BCUT2D eigenvalue weighted by Crippen LogP contribution is -2.51. The molecule has 2 amide bonds. The number of hydrogen-bond donors (Lipinski definition) is 1. The zero-order valence-electron chi connectivity index (χ0n) is 21.6. The summed E-state index contributed by atoms with van der Waals surface area (Å²) in [6.45, 7) is 4.44. The van der Waals surface area contributed by atoms with Crippen molar-refractivity contribution in [3.63, 3.8) is 0 Å². The Hall–Kier alpha value is -3.02. The van der Waals surface area contributed by atoms with Gasteiger partial charge < -0.3 is 19.7 Å². The fraction of sp³-hybridized carbons (Fsp3) is 0.517. The maximum Gasteiger partial charge on any atom is 0.243 e. The van der Waals surface area contributed by atoms with E-state index < -0.39 is 6.04 Å². The van der Waals surface area contributed by atoms with E-state index in [1.165, 1.54) is 12.0 Å². The van der Waals surface area contributed by atoms with Crippen LogP contribution in [0.15, 0.2) is 42.5 Å². The van der Waals surface area contributed by atoms with Gasteiger partial charge in [-0.15, -0.1) is 0 Å². The molecule has 190 valence electrons. The van der Waals surface area contributed by atoms with Crippen LogP contribution in [0.3, 0.4) is 0 Å². The van der Waals surface area contributed by atoms with Gasteiger partial charge in [0.05, 0.1) is 14.2 Å². The summed E-state index contributed by atoms with van der Waals surface area (Å²) < 4.78 is 10.7. The first-order valence-corrected chi connectivity index (χ1v) is 12.8. The van der Waals surface area contributed by atoms with Gasteiger partial charge in [-0.3, -0.25) is 9.59 Å². The second-order valence-electron chi connectivity index (χ2n) is 9.46. The summed E-state index contributed by atoms with van der Waals surface area (Å²) in [5.41, 5.74) is 3.19. The van der Waals surface area contributed by atoms with Crippen molar-refractivity contribution < 1.29 is 19.1 Å². The van der Waals surface area contributed by atoms with Crippen LogP contribution in [0.5, 0.6) is 11.5 Å². The van der Waals surface area contributed by atoms with E-state index in [9.17, 15) is 9.59 Å². The second kappa shape index (κ2) is 13.2. The molecule has 2 aromatic carbocycles. The van der Waals surface area contributed by atoms with E-state index in [2.05, 4.69) is 5.32 Å². The Bertz CT molecular complexity index is 967. The van der Waals surface area contributed by atoms with Gasteiger partial charge >= 0.3 is 0 Å². The number of methoxy groups -OCH3 is 2. The van der Waals surface area contributed by atoms with Crippen molar-refractivity contribution in [3.8, 4) is 11.5 Å². The Balaban J connectivity index is 1.76. The van der Waals surface area contributed by atoms with Crippen LogP contribution in [0, 0.1) is 6.92 Å². The lowest BCUT2D eigenvalue weighted by Gasteiger charge is -2.33. The highest BCUT2D eigenvalue weighted by Gasteiger charge is 2.30. The fourth-order valence-corrected chi connectivity index (χ4v) is 4.79. The summed E-state index contributed by atoms with van der Waals surface area (Å²) in [7, 11) is 3.21. The van der Waals surface area contributed by atoms with Gasteiger partial charge in [-0.25, -0.2) is 0 Å². The van der Waals surface area contributed by atoms with Gasteiger partial charge in [0.15, 0.2) is 11.5 Å². The van der Waals surface area contributed by atoms with E-state index in [4.69, 9.17) is 9.47 Å². The van der Waals surface area contributed by atoms with Crippen LogP contribution < -0.4 is 14.8 Å². The van der Waals surface area contributed by atoms with E-state index in [1.54, 1.807) is 19.1 Å². The number of carbonyl (C=O) groups excluding carboxylic acids is 2. The van der Waals surface area contributed by atoms with E-state index in [-0.39, 0.29) is 17.9 Å². The average Bonchev–Trinajstić information content (AvgIpc) is 2.88. The Kier molecular flexibility index (Phi) is 10.0. The highest BCUT2D eigenvalue weighted by molar-refractivity contribution is 5.88. The Morgan fingerprint density at radius 1 is 0.971 bits per heavy atom. The number of benzene rings is 2. The van der Waals surface area contributed by atoms with Crippen LogP contribution in [0.1, 0.15) is 68.6 Å². The number of nitrogens with one attached hydrogen (secondary N) is 1. The standard InChI is InChI=1S/C29H40N2O4/c1-5-25(29(33)30-24-9-7-6-8-10-24)31(20-23-13-11-21(2)12-14-23)28(32)18-16-22-15-17-26(34-3)27(19-22)35-4/h11-15,17,19,24-25H,5-10,16,18,20H2,1-4H3,(H,30,33)/t25-/m1/s1. The first kappa shape index (κ1) is 26.6. The molecule has 1 N–H and O–H groups in total. The highest BCUT2D eigenvalue weighted by atomic mass is 16.5. The summed E-state index contributed by atoms with van der Waals surface area (Å²) in [4.78, 5) is 28.6. The number of aryl methyl sites for hydroxylation is 2. The molecule has 1 fully saturated rings. The topological polar surface area (TPSA) is 67.9 Å². The van der Waals surface area contributed by atoms with Crippen LogP contribution in [0.2, 0.25) is 0 Å². The molecule has 0 aliphatic heterocycles. The molecule has 0 unspecified atom stereocenters. The van der Waals surface area contributed by atoms with Gasteiger partial charge in [0, 0.05) is 19.0 Å². The summed E-state index contributed by atoms with van der Waals surface area (Å²) >= 11 is 0. The molecule has 0 saturated heterocycles. The molecule has 35 heavy (non-hydrogen) atoms. The normalized spacial score (nSPS) is 14.7. The zero-order chi connectivity index (χ0) is 25.2. The maximum absolute atomic E-state index is 13.6. The van der Waals surface area contributed by atoms with Gasteiger partial charge in [-0.05, 0) is 55.9 Å². The molecular formula is C29H40N2O4. The molecule has 6 heteroatoms. The van der Waals surface area contributed by atoms with Gasteiger partial charge in [0.1, 0.15) is 6.04 Å². The maximum atomic E-state index is 13.6. The molecule has 0 bridgehead atoms. The van der Waals surface area contributed by atoms with Crippen molar-refractivity contribution in [1.82, 2.24) is 10.2 Å². The summed E-state index contributed by atoms with van der Waals surface area (Å²) in [5, 5.41) is 3.24. The summed E-state index contributed by atoms with van der Waals surface area (Å²) in [5.74, 6) is 1.25. The lowest BCUT2D eigenvalue weighted by molar-refractivity contribution is -0.141. The first-order chi connectivity index (χ1) is 16.9. The molecule has 0 aromatic heterocycles. The molecule has 1 aliphatic carbocycles. The Morgan fingerprint density at radius 3 is 2.26 bits per heavy atom. The molecule has 3 rings (SSSR count). The number of nitrogens with zero attached hydrogens (tertiary/aromatic N) is 1. The fourth-order valence-electron chi connectivity index (χ4n) is 4.79. The SMILES string of the molecule is CC[C@H](C(=O)NC1CCCCC1)N(Cc1ccc(C)cc1)C(=O)CCc1ccc(OC)c(OC)c1. The molecule has 6 nitrogen and oxygen atoms in total. The van der Waals surface area contributed by atoms with Gasteiger partial charge in [-0.2, -0.15) is 0 Å². The third-order valence-corrected chi connectivity index (χ3v) is 6.89. The smallest absolute Gasteiger partial charge is 0.243 e. The van der Waals surface area contributed by atoms with Crippen molar-refractivity contribution in [1.29, 1.82) is 0 Å². The minimum atomic E-state index is -0.490. The van der Waals surface area contributed by atoms with Crippen molar-refractivity contribution in [2.75, 3.05) is 14.2 Å². The van der Waals surface area contributed by atoms with E-state index in [0.29, 0.717) is 37.3 Å². The molecule has 2 aromatic rings. The average molecular weight is 481 g/mol. The number of amides is 2. The Morgan fingerprint density at radius 2 is 1.63 bits per heavy atom. The van der Waals surface area contributed by atoms with Crippen LogP contribution in [0.4, 0.5) is 0 Å². The van der Waals surface area contributed by atoms with Crippen molar-refractivity contribution in [2.45, 2.75) is 83.8 Å². The predicted molar refractivity (Wildman–Crippen MR) is 139 cm³/mol. The van der Waals surface area contributed by atoms with Crippen LogP contribution >= 0.6 is 0 Å². The van der Waals surface area contributed by atoms with Crippen LogP contribution in [0.25, 0.3) is 0 Å². The van der Waals surface area contributed by atoms with Crippen molar-refractivity contribution in [2.24, 2.45) is 0 Å². The van der Waals surface area contributed by atoms with Crippen molar-refractivity contribution in [3.05, 3.63) is 59.2 Å². The number of hydrogen-bond acceptors (Lipinski definition) is 4. The molecule has 0 spiro atoms. The van der Waals surface area contributed by atoms with E-state index in [1.807, 2.05) is 56.3 Å². The van der Waals surface area contributed by atoms with Crippen molar-refractivity contribution >= 4 is 11.8 Å². The van der Waals surface area contributed by atoms with E-state index in [0.717, 1.165) is 36.8 Å². The molecule has 1 atom stereocenters. The Labute approximate surface area is 210 Å². The lowest BCUT2D eigenvalue weighted by atomic mass is 9.95. The monoisotopic (exact) mass is 480 g/mol. The molecule has 0 heterocycles. The predicted octanol–water partition coefficient (Wildman–Crippen LogP) is 5.20. The molecule has 1 saturated carbocycles. The minimum absolute atomic E-state index is 0.0222. The number of rotatable bonds is 11. The highest BCUT2D eigenvalue weighted by Crippen LogP contribution is 2.28. The third kappa shape index (κ3) is 7.48. The summed E-state index contributed by atoms with van der Waals surface area (Å²) in [6.07, 6.45) is 7.03. The summed E-state index contributed by atoms with van der Waals surface area (Å²) in [6, 6.07) is 13.6. The van der Waals surface area contributed by atoms with E-state index >= 15 is 0 Å². The molecule has 0 radical (unpaired) electrons.